The van der Waals surface area contributed by atoms with E-state index in [2.05, 4.69) is 6.07 Å². The largest absolute Gasteiger partial charge is 0.243 e. The summed E-state index contributed by atoms with van der Waals surface area (Å²) in [7, 11) is -3.60. The first-order chi connectivity index (χ1) is 9.43. The van der Waals surface area contributed by atoms with Crippen LogP contribution in [0.5, 0.6) is 0 Å². The number of nitriles is 1. The van der Waals surface area contributed by atoms with Gasteiger partial charge in [0.15, 0.2) is 0 Å². The molecule has 0 bridgehead atoms. The Morgan fingerprint density at radius 3 is 2.30 bits per heavy atom. The zero-order chi connectivity index (χ0) is 14.8. The Hall–Kier alpha value is -1.10. The Kier molecular flexibility index (Phi) is 4.37. The van der Waals surface area contributed by atoms with Crippen LogP contribution in [-0.2, 0) is 10.0 Å². The Morgan fingerprint density at radius 2 is 1.85 bits per heavy atom. The van der Waals surface area contributed by atoms with Crippen molar-refractivity contribution in [1.29, 1.82) is 5.26 Å². The van der Waals surface area contributed by atoms with E-state index >= 15 is 0 Å². The predicted molar refractivity (Wildman–Crippen MR) is 76.3 cm³/mol. The maximum atomic E-state index is 12.9. The third-order valence-electron chi connectivity index (χ3n) is 3.58. The lowest BCUT2D eigenvalue weighted by molar-refractivity contribution is 0.327. The fourth-order valence-corrected chi connectivity index (χ4v) is 4.33. The number of thioether (sulfide) groups is 1. The second kappa shape index (κ2) is 5.72. The molecule has 0 aliphatic carbocycles. The van der Waals surface area contributed by atoms with Crippen molar-refractivity contribution in [2.24, 2.45) is 0 Å². The normalized spacial score (nSPS) is 19.4. The number of hydrogen-bond acceptors (Lipinski definition) is 4. The minimum atomic E-state index is -3.60. The Bertz CT molecular complexity index is 615. The van der Waals surface area contributed by atoms with Gasteiger partial charge in [-0.25, -0.2) is 12.8 Å². The molecule has 0 radical (unpaired) electrons. The fraction of sp³-hybridized carbons (Fsp3) is 0.462. The molecule has 0 spiro atoms. The van der Waals surface area contributed by atoms with E-state index in [-0.39, 0.29) is 4.90 Å². The van der Waals surface area contributed by atoms with Gasteiger partial charge in [-0.15, -0.1) is 11.8 Å². The third-order valence-corrected chi connectivity index (χ3v) is 6.77. The van der Waals surface area contributed by atoms with Gasteiger partial charge in [-0.1, -0.05) is 0 Å². The van der Waals surface area contributed by atoms with E-state index in [1.54, 1.807) is 0 Å². The van der Waals surface area contributed by atoms with Crippen LogP contribution in [0, 0.1) is 17.1 Å². The van der Waals surface area contributed by atoms with Crippen LogP contribution in [0.25, 0.3) is 0 Å². The molecule has 1 aromatic rings. The highest BCUT2D eigenvalue weighted by Crippen LogP contribution is 2.35. The summed E-state index contributed by atoms with van der Waals surface area (Å²) < 4.78 is 38.5. The molecule has 1 aromatic carbocycles. The molecule has 0 amide bonds. The van der Waals surface area contributed by atoms with Crippen molar-refractivity contribution in [1.82, 2.24) is 4.31 Å². The molecule has 1 heterocycles. The third kappa shape index (κ3) is 2.82. The zero-order valence-corrected chi connectivity index (χ0v) is 12.7. The average molecular weight is 314 g/mol. The number of hydrogen-bond donors (Lipinski definition) is 0. The van der Waals surface area contributed by atoms with E-state index in [9.17, 15) is 18.1 Å². The van der Waals surface area contributed by atoms with E-state index < -0.39 is 20.6 Å². The molecule has 7 heteroatoms. The SMILES string of the molecule is CSC1(C#N)CCN(S(=O)(=O)c2ccc(F)cc2)CC1. The number of sulfonamides is 1. The first-order valence-corrected chi connectivity index (χ1v) is 8.82. The van der Waals surface area contributed by atoms with Gasteiger partial charge in [0.1, 0.15) is 10.6 Å². The van der Waals surface area contributed by atoms with Crippen LogP contribution in [-0.4, -0.2) is 36.8 Å². The van der Waals surface area contributed by atoms with Gasteiger partial charge in [-0.3, -0.25) is 0 Å². The smallest absolute Gasteiger partial charge is 0.207 e. The molecule has 0 atom stereocenters. The fourth-order valence-electron chi connectivity index (χ4n) is 2.20. The summed E-state index contributed by atoms with van der Waals surface area (Å²) in [5.74, 6) is -0.464. The van der Waals surface area contributed by atoms with Crippen LogP contribution in [0.3, 0.4) is 0 Å². The van der Waals surface area contributed by atoms with Crippen molar-refractivity contribution in [3.8, 4) is 6.07 Å². The molecule has 0 unspecified atom stereocenters. The number of nitrogens with zero attached hydrogens (tertiary/aromatic N) is 2. The van der Waals surface area contributed by atoms with E-state index in [4.69, 9.17) is 0 Å². The van der Waals surface area contributed by atoms with E-state index in [0.29, 0.717) is 25.9 Å². The predicted octanol–water partition coefficient (Wildman–Crippen LogP) is 2.24. The highest BCUT2D eigenvalue weighted by molar-refractivity contribution is 8.00. The molecule has 1 fully saturated rings. The van der Waals surface area contributed by atoms with Crippen molar-refractivity contribution >= 4 is 21.8 Å². The van der Waals surface area contributed by atoms with Gasteiger partial charge >= 0.3 is 0 Å². The minimum Gasteiger partial charge on any atom is -0.207 e. The van der Waals surface area contributed by atoms with E-state index in [1.165, 1.54) is 28.2 Å². The monoisotopic (exact) mass is 314 g/mol. The van der Waals surface area contributed by atoms with Crippen LogP contribution in [0.2, 0.25) is 0 Å². The van der Waals surface area contributed by atoms with Crippen molar-refractivity contribution in [3.63, 3.8) is 0 Å². The second-order valence-corrected chi connectivity index (χ2v) is 7.80. The highest BCUT2D eigenvalue weighted by Gasteiger charge is 2.38. The van der Waals surface area contributed by atoms with Gasteiger partial charge in [-0.05, 0) is 43.4 Å². The van der Waals surface area contributed by atoms with Crippen molar-refractivity contribution in [3.05, 3.63) is 30.1 Å². The average Bonchev–Trinajstić information content (AvgIpc) is 2.47. The van der Waals surface area contributed by atoms with Gasteiger partial charge < -0.3 is 0 Å². The molecular weight excluding hydrogens is 299 g/mol. The first-order valence-electron chi connectivity index (χ1n) is 6.16. The Labute approximate surface area is 122 Å². The topological polar surface area (TPSA) is 61.2 Å². The number of benzene rings is 1. The lowest BCUT2D eigenvalue weighted by Gasteiger charge is -2.35. The maximum Gasteiger partial charge on any atom is 0.243 e. The standard InChI is InChI=1S/C13H15FN2O2S2/c1-19-13(10-15)6-8-16(9-7-13)20(17,18)12-4-2-11(14)3-5-12/h2-5H,6-9H2,1H3. The van der Waals surface area contributed by atoms with Crippen molar-refractivity contribution < 1.29 is 12.8 Å². The number of rotatable bonds is 3. The molecular formula is C13H15FN2O2S2. The minimum absolute atomic E-state index is 0.0903. The van der Waals surface area contributed by atoms with Crippen LogP contribution in [0.1, 0.15) is 12.8 Å². The maximum absolute atomic E-state index is 12.9. The van der Waals surface area contributed by atoms with Crippen molar-refractivity contribution in [2.45, 2.75) is 22.5 Å². The van der Waals surface area contributed by atoms with Gasteiger partial charge in [0.2, 0.25) is 10.0 Å². The molecule has 1 aliphatic rings. The quantitative estimate of drug-likeness (QED) is 0.858. The molecule has 4 nitrogen and oxygen atoms in total. The first kappa shape index (κ1) is 15.3. The van der Waals surface area contributed by atoms with Gasteiger partial charge in [-0.2, -0.15) is 9.57 Å². The van der Waals surface area contributed by atoms with E-state index in [0.717, 1.165) is 12.1 Å². The molecule has 0 saturated carbocycles. The van der Waals surface area contributed by atoms with Gasteiger partial charge in [0.25, 0.3) is 0 Å². The Balaban J connectivity index is 2.18. The summed E-state index contributed by atoms with van der Waals surface area (Å²) in [5.41, 5.74) is 0. The van der Waals surface area contributed by atoms with Crippen LogP contribution < -0.4 is 0 Å². The summed E-state index contributed by atoms with van der Waals surface area (Å²) in [6.45, 7) is 0.627. The summed E-state index contributed by atoms with van der Waals surface area (Å²) in [6.07, 6.45) is 2.88. The van der Waals surface area contributed by atoms with Crippen LogP contribution >= 0.6 is 11.8 Å². The van der Waals surface area contributed by atoms with Gasteiger partial charge in [0.05, 0.1) is 11.0 Å². The van der Waals surface area contributed by atoms with E-state index in [1.807, 2.05) is 6.26 Å². The molecule has 20 heavy (non-hydrogen) atoms. The summed E-state index contributed by atoms with van der Waals surface area (Å²) in [4.78, 5) is 0.0903. The number of piperidine rings is 1. The molecule has 1 aliphatic heterocycles. The summed E-state index contributed by atoms with van der Waals surface area (Å²) >= 11 is 1.47. The molecule has 0 aromatic heterocycles. The molecule has 108 valence electrons. The lowest BCUT2D eigenvalue weighted by atomic mass is 9.99. The summed E-state index contributed by atoms with van der Waals surface area (Å²) in [5, 5.41) is 9.20. The molecule has 1 saturated heterocycles. The van der Waals surface area contributed by atoms with Crippen molar-refractivity contribution in [2.75, 3.05) is 19.3 Å². The Morgan fingerprint density at radius 1 is 1.30 bits per heavy atom. The molecule has 0 N–H and O–H groups in total. The summed E-state index contributed by atoms with van der Waals surface area (Å²) in [6, 6.07) is 7.09. The second-order valence-electron chi connectivity index (χ2n) is 4.67. The van der Waals surface area contributed by atoms with Gasteiger partial charge in [0, 0.05) is 13.1 Å². The highest BCUT2D eigenvalue weighted by atomic mass is 32.2. The van der Waals surface area contributed by atoms with Crippen LogP contribution in [0.4, 0.5) is 4.39 Å². The van der Waals surface area contributed by atoms with Crippen LogP contribution in [0.15, 0.2) is 29.2 Å². The zero-order valence-electron chi connectivity index (χ0n) is 11.0. The molecule has 2 rings (SSSR count). The lowest BCUT2D eigenvalue weighted by Crippen LogP contribution is -2.44. The number of halogens is 1.